The lowest BCUT2D eigenvalue weighted by Gasteiger charge is -2.32. The van der Waals surface area contributed by atoms with Crippen LogP contribution in [0.5, 0.6) is 0 Å². The number of hydrogen-bond acceptors (Lipinski definition) is 4. The van der Waals surface area contributed by atoms with Gasteiger partial charge in [-0.1, -0.05) is 6.07 Å². The highest BCUT2D eigenvalue weighted by Gasteiger charge is 2.28. The number of ether oxygens (including phenoxy) is 1. The van der Waals surface area contributed by atoms with Crippen LogP contribution in [0, 0.1) is 17.1 Å². The maximum absolute atomic E-state index is 13.3. The van der Waals surface area contributed by atoms with E-state index in [-0.39, 0.29) is 5.56 Å². The van der Waals surface area contributed by atoms with Crippen molar-refractivity contribution in [3.63, 3.8) is 0 Å². The van der Waals surface area contributed by atoms with Crippen LogP contribution in [-0.2, 0) is 11.3 Å². The van der Waals surface area contributed by atoms with Gasteiger partial charge < -0.3 is 4.74 Å². The van der Waals surface area contributed by atoms with Crippen molar-refractivity contribution in [2.45, 2.75) is 19.0 Å². The van der Waals surface area contributed by atoms with Crippen LogP contribution in [-0.4, -0.2) is 55.2 Å². The summed E-state index contributed by atoms with van der Waals surface area (Å²) < 4.78 is 18.7. The van der Waals surface area contributed by atoms with Gasteiger partial charge in [0.25, 0.3) is 0 Å². The van der Waals surface area contributed by atoms with Crippen LogP contribution < -0.4 is 0 Å². The van der Waals surface area contributed by atoms with Crippen molar-refractivity contribution < 1.29 is 9.13 Å². The Labute approximate surface area is 124 Å². The molecule has 2 aliphatic rings. The average Bonchev–Trinajstić information content (AvgIpc) is 2.98. The second-order valence-corrected chi connectivity index (χ2v) is 5.75. The molecule has 112 valence electrons. The third-order valence-electron chi connectivity index (χ3n) is 4.37. The molecule has 1 aromatic carbocycles. The van der Waals surface area contributed by atoms with Crippen molar-refractivity contribution >= 4 is 0 Å². The molecule has 0 aliphatic carbocycles. The fourth-order valence-corrected chi connectivity index (χ4v) is 3.21. The van der Waals surface area contributed by atoms with Gasteiger partial charge in [0.05, 0.1) is 18.8 Å². The highest BCUT2D eigenvalue weighted by Crippen LogP contribution is 2.20. The number of nitrogens with zero attached hydrogens (tertiary/aromatic N) is 3. The minimum Gasteiger partial charge on any atom is -0.379 e. The van der Waals surface area contributed by atoms with Crippen molar-refractivity contribution in [3.8, 4) is 6.07 Å². The summed E-state index contributed by atoms with van der Waals surface area (Å²) in [4.78, 5) is 4.89. The number of rotatable bonds is 3. The summed E-state index contributed by atoms with van der Waals surface area (Å²) in [6.45, 7) is 6.59. The largest absolute Gasteiger partial charge is 0.379 e. The Balaban J connectivity index is 1.58. The van der Waals surface area contributed by atoms with E-state index in [9.17, 15) is 4.39 Å². The van der Waals surface area contributed by atoms with Crippen molar-refractivity contribution in [1.82, 2.24) is 9.80 Å². The van der Waals surface area contributed by atoms with Crippen LogP contribution in [0.25, 0.3) is 0 Å². The summed E-state index contributed by atoms with van der Waals surface area (Å²) in [6, 6.07) is 7.34. The molecule has 3 rings (SSSR count). The standard InChI is InChI=1S/C16H20FN3O/c17-16-2-1-13(9-14(16)10-18)11-19-4-3-15(12-19)20-5-7-21-8-6-20/h1-2,9,15H,3-8,11-12H2. The molecule has 1 unspecified atom stereocenters. The summed E-state index contributed by atoms with van der Waals surface area (Å²) in [7, 11) is 0. The minimum absolute atomic E-state index is 0.136. The Morgan fingerprint density at radius 3 is 2.86 bits per heavy atom. The molecular weight excluding hydrogens is 269 g/mol. The predicted octanol–water partition coefficient (Wildman–Crippen LogP) is 1.60. The Hall–Kier alpha value is -1.48. The fraction of sp³-hybridized carbons (Fsp3) is 0.562. The van der Waals surface area contributed by atoms with Gasteiger partial charge in [0.15, 0.2) is 0 Å². The molecule has 21 heavy (non-hydrogen) atoms. The predicted molar refractivity (Wildman–Crippen MR) is 77.2 cm³/mol. The summed E-state index contributed by atoms with van der Waals surface area (Å²) in [5, 5.41) is 8.89. The lowest BCUT2D eigenvalue weighted by atomic mass is 10.1. The molecule has 5 heteroatoms. The minimum atomic E-state index is -0.436. The molecule has 2 saturated heterocycles. The van der Waals surface area contributed by atoms with Gasteiger partial charge in [-0.15, -0.1) is 0 Å². The van der Waals surface area contributed by atoms with Crippen LogP contribution in [0.1, 0.15) is 17.5 Å². The second-order valence-electron chi connectivity index (χ2n) is 5.75. The van der Waals surface area contributed by atoms with Gasteiger partial charge in [-0.25, -0.2) is 4.39 Å². The van der Waals surface area contributed by atoms with Gasteiger partial charge in [0.2, 0.25) is 0 Å². The Morgan fingerprint density at radius 1 is 1.29 bits per heavy atom. The van der Waals surface area contributed by atoms with Crippen LogP contribution in [0.4, 0.5) is 4.39 Å². The normalized spacial score (nSPS) is 24.1. The first-order chi connectivity index (χ1) is 10.3. The maximum Gasteiger partial charge on any atom is 0.140 e. The first-order valence-corrected chi connectivity index (χ1v) is 7.49. The zero-order chi connectivity index (χ0) is 14.7. The van der Waals surface area contributed by atoms with Crippen LogP contribution in [0.2, 0.25) is 0 Å². The lowest BCUT2D eigenvalue weighted by molar-refractivity contribution is 0.0184. The van der Waals surface area contributed by atoms with E-state index in [1.807, 2.05) is 6.07 Å². The number of nitriles is 1. The molecule has 0 amide bonds. The molecule has 1 aromatic rings. The van der Waals surface area contributed by atoms with Crippen LogP contribution in [0.3, 0.4) is 0 Å². The monoisotopic (exact) mass is 289 g/mol. The topological polar surface area (TPSA) is 39.5 Å². The second kappa shape index (κ2) is 6.52. The summed E-state index contributed by atoms with van der Waals surface area (Å²) in [6.07, 6.45) is 1.17. The quantitative estimate of drug-likeness (QED) is 0.847. The van der Waals surface area contributed by atoms with Crippen molar-refractivity contribution in [1.29, 1.82) is 5.26 Å². The summed E-state index contributed by atoms with van der Waals surface area (Å²) in [5.74, 6) is -0.436. The van der Waals surface area contributed by atoms with Gasteiger partial charge in [-0.3, -0.25) is 9.80 Å². The van der Waals surface area contributed by atoms with E-state index in [0.717, 1.165) is 51.5 Å². The van der Waals surface area contributed by atoms with Crippen molar-refractivity contribution in [2.24, 2.45) is 0 Å². The number of hydrogen-bond donors (Lipinski definition) is 0. The van der Waals surface area contributed by atoms with E-state index < -0.39 is 5.82 Å². The van der Waals surface area contributed by atoms with E-state index in [4.69, 9.17) is 10.00 Å². The highest BCUT2D eigenvalue weighted by atomic mass is 19.1. The number of halogens is 1. The zero-order valence-corrected chi connectivity index (χ0v) is 12.1. The molecular formula is C16H20FN3O. The summed E-state index contributed by atoms with van der Waals surface area (Å²) in [5.41, 5.74) is 1.15. The number of likely N-dealkylation sites (tertiary alicyclic amines) is 1. The first kappa shape index (κ1) is 14.5. The van der Waals surface area contributed by atoms with Gasteiger partial charge in [-0.05, 0) is 24.1 Å². The molecule has 0 bridgehead atoms. The van der Waals surface area contributed by atoms with Crippen LogP contribution >= 0.6 is 0 Å². The molecule has 0 N–H and O–H groups in total. The molecule has 1 atom stereocenters. The van der Waals surface area contributed by atoms with Gasteiger partial charge in [-0.2, -0.15) is 5.26 Å². The Bertz CT molecular complexity index is 537. The first-order valence-electron chi connectivity index (χ1n) is 7.49. The molecule has 2 heterocycles. The third kappa shape index (κ3) is 3.41. The SMILES string of the molecule is N#Cc1cc(CN2CCC(N3CCOCC3)C2)ccc1F. The lowest BCUT2D eigenvalue weighted by Crippen LogP contribution is -2.44. The molecule has 0 aromatic heterocycles. The van der Waals surface area contributed by atoms with Crippen molar-refractivity contribution in [2.75, 3.05) is 39.4 Å². The Morgan fingerprint density at radius 2 is 2.10 bits per heavy atom. The molecule has 0 radical (unpaired) electrons. The molecule has 2 fully saturated rings. The van der Waals surface area contributed by atoms with E-state index in [1.54, 1.807) is 12.1 Å². The number of morpholine rings is 1. The van der Waals surface area contributed by atoms with Crippen molar-refractivity contribution in [3.05, 3.63) is 35.1 Å². The molecule has 4 nitrogen and oxygen atoms in total. The zero-order valence-electron chi connectivity index (χ0n) is 12.1. The maximum atomic E-state index is 13.3. The fourth-order valence-electron chi connectivity index (χ4n) is 3.21. The van der Waals surface area contributed by atoms with Gasteiger partial charge in [0, 0.05) is 38.8 Å². The highest BCUT2D eigenvalue weighted by molar-refractivity contribution is 5.34. The van der Waals surface area contributed by atoms with E-state index in [1.165, 1.54) is 12.5 Å². The van der Waals surface area contributed by atoms with Gasteiger partial charge in [0.1, 0.15) is 11.9 Å². The smallest absolute Gasteiger partial charge is 0.140 e. The van der Waals surface area contributed by atoms with E-state index >= 15 is 0 Å². The van der Waals surface area contributed by atoms with E-state index in [0.29, 0.717) is 6.04 Å². The summed E-state index contributed by atoms with van der Waals surface area (Å²) >= 11 is 0. The molecule has 2 aliphatic heterocycles. The number of benzene rings is 1. The molecule has 0 spiro atoms. The van der Waals surface area contributed by atoms with Crippen LogP contribution in [0.15, 0.2) is 18.2 Å². The van der Waals surface area contributed by atoms with Gasteiger partial charge >= 0.3 is 0 Å². The van der Waals surface area contributed by atoms with E-state index in [2.05, 4.69) is 9.80 Å². The third-order valence-corrected chi connectivity index (χ3v) is 4.37. The molecule has 0 saturated carbocycles. The Kier molecular flexibility index (Phi) is 4.49. The average molecular weight is 289 g/mol.